The Morgan fingerprint density at radius 1 is 1.58 bits per heavy atom. The zero-order valence-electron chi connectivity index (χ0n) is 6.69. The molecule has 0 rings (SSSR count). The molecule has 64 valence electrons. The Morgan fingerprint density at radius 3 is 2.83 bits per heavy atom. The average molecular weight is 182 g/mol. The summed E-state index contributed by atoms with van der Waals surface area (Å²) in [5.74, 6) is 0.678. The number of ether oxygens (including phenoxy) is 1. The van der Waals surface area contributed by atoms with Crippen molar-refractivity contribution in [1.82, 2.24) is 0 Å². The van der Waals surface area contributed by atoms with Gasteiger partial charge in [0, 0.05) is 5.75 Å². The van der Waals surface area contributed by atoms with Crippen LogP contribution in [0.3, 0.4) is 0 Å². The molecule has 0 fully saturated rings. The summed E-state index contributed by atoms with van der Waals surface area (Å²) in [5.41, 5.74) is 0. The van der Waals surface area contributed by atoms with Gasteiger partial charge in [0.15, 0.2) is 0 Å². The third kappa shape index (κ3) is 5.57. The number of thioether (sulfide) groups is 1. The van der Waals surface area contributed by atoms with Crippen molar-refractivity contribution in [2.45, 2.75) is 0 Å². The zero-order chi connectivity index (χ0) is 9.23. The van der Waals surface area contributed by atoms with E-state index in [0.29, 0.717) is 17.6 Å². The fourth-order valence-electron chi connectivity index (χ4n) is 0.407. The second kappa shape index (κ2) is 7.89. The van der Waals surface area contributed by atoms with Gasteiger partial charge in [0.2, 0.25) is 6.19 Å². The van der Waals surface area contributed by atoms with Gasteiger partial charge >= 0.3 is 0 Å². The van der Waals surface area contributed by atoms with Crippen LogP contribution in [-0.2, 0) is 4.74 Å². The Labute approximate surface area is 76.4 Å². The molecule has 0 aromatic rings. The van der Waals surface area contributed by atoms with Crippen molar-refractivity contribution in [3.63, 3.8) is 0 Å². The smallest absolute Gasteiger partial charge is 0.261 e. The highest BCUT2D eigenvalue weighted by Gasteiger charge is 1.97. The molecule has 0 aromatic heterocycles. The Morgan fingerprint density at radius 2 is 2.33 bits per heavy atom. The van der Waals surface area contributed by atoms with E-state index in [-0.39, 0.29) is 0 Å². The summed E-state index contributed by atoms with van der Waals surface area (Å²) in [5, 5.41) is 8.61. The summed E-state index contributed by atoms with van der Waals surface area (Å²) in [6.07, 6.45) is 4.97. The molecule has 0 atom stereocenters. The van der Waals surface area contributed by atoms with E-state index >= 15 is 0 Å². The van der Waals surface area contributed by atoms with E-state index in [2.05, 4.69) is 18.2 Å². The third-order valence-corrected chi connectivity index (χ3v) is 1.65. The van der Waals surface area contributed by atoms with Crippen LogP contribution in [-0.4, -0.2) is 17.6 Å². The van der Waals surface area contributed by atoms with E-state index in [9.17, 15) is 0 Å². The van der Waals surface area contributed by atoms with Gasteiger partial charge in [0.1, 0.15) is 6.61 Å². The van der Waals surface area contributed by atoms with Crippen LogP contribution in [0.4, 0.5) is 0 Å². The van der Waals surface area contributed by atoms with Gasteiger partial charge in [-0.25, -0.2) is 0 Å². The first kappa shape index (κ1) is 10.8. The van der Waals surface area contributed by atoms with E-state index in [1.165, 1.54) is 11.8 Å². The number of nitrogens with zero attached hydrogens (tertiary/aromatic N) is 2. The molecule has 0 radical (unpaired) electrons. The van der Waals surface area contributed by atoms with Crippen LogP contribution in [0.5, 0.6) is 0 Å². The molecule has 0 bridgehead atoms. The molecule has 4 heteroatoms. The SMILES string of the molecule is C=CCOC(=NC#N)SCC=C. The second-order valence-corrected chi connectivity index (χ2v) is 2.65. The molecule has 3 nitrogen and oxygen atoms in total. The maximum Gasteiger partial charge on any atom is 0.261 e. The molecule has 12 heavy (non-hydrogen) atoms. The highest BCUT2D eigenvalue weighted by atomic mass is 32.2. The zero-order valence-corrected chi connectivity index (χ0v) is 7.51. The van der Waals surface area contributed by atoms with Gasteiger partial charge in [-0.15, -0.1) is 11.6 Å². The standard InChI is InChI=1S/C8H10N2OS/c1-3-5-11-8(10-7-9)12-6-4-2/h3-4H,1-2,5-6H2. The van der Waals surface area contributed by atoms with E-state index < -0.39 is 0 Å². The highest BCUT2D eigenvalue weighted by molar-refractivity contribution is 8.13. The number of rotatable bonds is 4. The summed E-state index contributed by atoms with van der Waals surface area (Å²) >= 11 is 1.33. The predicted octanol–water partition coefficient (Wildman–Crippen LogP) is 1.95. The summed E-state index contributed by atoms with van der Waals surface area (Å²) in [4.78, 5) is 3.47. The van der Waals surface area contributed by atoms with E-state index in [0.717, 1.165) is 0 Å². The second-order valence-electron chi connectivity index (χ2n) is 1.68. The maximum absolute atomic E-state index is 8.25. The molecular formula is C8H10N2OS. The molecule has 0 spiro atoms. The molecule has 0 unspecified atom stereocenters. The number of hydrogen-bond acceptors (Lipinski definition) is 4. The van der Waals surface area contributed by atoms with Gasteiger partial charge in [-0.1, -0.05) is 30.5 Å². The highest BCUT2D eigenvalue weighted by Crippen LogP contribution is 2.05. The van der Waals surface area contributed by atoms with Crippen molar-refractivity contribution in [3.8, 4) is 6.19 Å². The minimum absolute atomic E-state index is 0.359. The normalized spacial score (nSPS) is 10.1. The molecule has 0 saturated heterocycles. The summed E-state index contributed by atoms with van der Waals surface area (Å²) in [6.45, 7) is 7.39. The lowest BCUT2D eigenvalue weighted by Crippen LogP contribution is -2.00. The number of hydrogen-bond donors (Lipinski definition) is 0. The Balaban J connectivity index is 3.87. The van der Waals surface area contributed by atoms with Gasteiger partial charge in [-0.2, -0.15) is 5.26 Å². The Kier molecular flexibility index (Phi) is 7.10. The summed E-state index contributed by atoms with van der Waals surface area (Å²) in [6, 6.07) is 0. The van der Waals surface area contributed by atoms with Crippen molar-refractivity contribution in [2.24, 2.45) is 4.99 Å². The van der Waals surface area contributed by atoms with Crippen molar-refractivity contribution >= 4 is 17.0 Å². The lowest BCUT2D eigenvalue weighted by atomic mass is 10.7. The molecule has 0 aromatic carbocycles. The fraction of sp³-hybridized carbons (Fsp3) is 0.250. The van der Waals surface area contributed by atoms with Gasteiger partial charge < -0.3 is 4.74 Å². The molecule has 0 amide bonds. The fourth-order valence-corrected chi connectivity index (χ4v) is 0.925. The molecule has 0 aliphatic carbocycles. The first-order chi connectivity index (χ1) is 5.85. The van der Waals surface area contributed by atoms with Gasteiger partial charge in [0.25, 0.3) is 5.23 Å². The number of aliphatic imine (C=N–C) groups is 1. The quantitative estimate of drug-likeness (QED) is 0.289. The van der Waals surface area contributed by atoms with E-state index in [1.54, 1.807) is 18.3 Å². The van der Waals surface area contributed by atoms with Crippen molar-refractivity contribution in [3.05, 3.63) is 25.3 Å². The van der Waals surface area contributed by atoms with Crippen molar-refractivity contribution in [2.75, 3.05) is 12.4 Å². The lowest BCUT2D eigenvalue weighted by Gasteiger charge is -2.01. The third-order valence-electron chi connectivity index (χ3n) is 0.791. The molecule has 0 saturated carbocycles. The number of nitriles is 1. The van der Waals surface area contributed by atoms with Crippen LogP contribution in [0, 0.1) is 11.5 Å². The Hall–Kier alpha value is -1.21. The van der Waals surface area contributed by atoms with Crippen LogP contribution in [0.1, 0.15) is 0 Å². The predicted molar refractivity (Wildman–Crippen MR) is 51.9 cm³/mol. The van der Waals surface area contributed by atoms with Gasteiger partial charge in [0.05, 0.1) is 0 Å². The molecule has 0 aliphatic heterocycles. The van der Waals surface area contributed by atoms with E-state index in [1.807, 2.05) is 0 Å². The van der Waals surface area contributed by atoms with Gasteiger partial charge in [-0.3, -0.25) is 0 Å². The minimum atomic E-state index is 0.359. The lowest BCUT2D eigenvalue weighted by molar-refractivity contribution is 0.362. The van der Waals surface area contributed by atoms with Crippen LogP contribution in [0.15, 0.2) is 30.3 Å². The summed E-state index contributed by atoms with van der Waals surface area (Å²) in [7, 11) is 0. The minimum Gasteiger partial charge on any atom is -0.468 e. The largest absolute Gasteiger partial charge is 0.468 e. The van der Waals surface area contributed by atoms with Crippen molar-refractivity contribution < 1.29 is 4.74 Å². The Bertz CT molecular complexity index is 204. The van der Waals surface area contributed by atoms with Crippen LogP contribution in [0.25, 0.3) is 0 Å². The molecule has 0 heterocycles. The van der Waals surface area contributed by atoms with Crippen LogP contribution >= 0.6 is 11.8 Å². The monoisotopic (exact) mass is 182 g/mol. The van der Waals surface area contributed by atoms with Gasteiger partial charge in [-0.05, 0) is 0 Å². The van der Waals surface area contributed by atoms with E-state index in [4.69, 9.17) is 10.00 Å². The first-order valence-corrected chi connectivity index (χ1v) is 4.28. The maximum atomic E-state index is 8.25. The molecule has 0 N–H and O–H groups in total. The van der Waals surface area contributed by atoms with Crippen LogP contribution in [0.2, 0.25) is 0 Å². The summed E-state index contributed by atoms with van der Waals surface area (Å²) < 4.78 is 5.06. The average Bonchev–Trinajstić information content (AvgIpc) is 2.10. The van der Waals surface area contributed by atoms with Crippen LogP contribution < -0.4 is 0 Å². The first-order valence-electron chi connectivity index (χ1n) is 3.29. The van der Waals surface area contributed by atoms with Crippen molar-refractivity contribution in [1.29, 1.82) is 5.26 Å². The molecule has 0 aliphatic rings. The molecular weight excluding hydrogens is 172 g/mol. The topological polar surface area (TPSA) is 45.4 Å².